The second kappa shape index (κ2) is 6.20. The maximum Gasteiger partial charge on any atom is 0.264 e. The van der Waals surface area contributed by atoms with Crippen molar-refractivity contribution < 1.29 is 4.79 Å². The van der Waals surface area contributed by atoms with Crippen molar-refractivity contribution in [3.05, 3.63) is 70.1 Å². The van der Waals surface area contributed by atoms with Crippen molar-refractivity contribution in [3.8, 4) is 0 Å². The topological polar surface area (TPSA) is 41.5 Å². The Hall–Kier alpha value is -2.33. The molecular weight excluding hydrogens is 292 g/mol. The first kappa shape index (κ1) is 14.6. The zero-order valence-corrected chi connectivity index (χ0v) is 13.3. The van der Waals surface area contributed by atoms with E-state index in [4.69, 9.17) is 0 Å². The van der Waals surface area contributed by atoms with Crippen LogP contribution in [0.3, 0.4) is 0 Å². The Morgan fingerprint density at radius 1 is 1.09 bits per heavy atom. The van der Waals surface area contributed by atoms with Crippen LogP contribution in [0.15, 0.2) is 58.4 Å². The number of amidine groups is 1. The fraction of sp³-hybridized carbons (Fsp3) is 0.111. The van der Waals surface area contributed by atoms with Crippen LogP contribution >= 0.6 is 11.8 Å². The highest BCUT2D eigenvalue weighted by Crippen LogP contribution is 2.29. The van der Waals surface area contributed by atoms with E-state index < -0.39 is 0 Å². The number of nitrogens with zero attached hydrogens (tertiary/aromatic N) is 1. The van der Waals surface area contributed by atoms with Gasteiger partial charge in [-0.25, -0.2) is 4.99 Å². The number of amides is 1. The van der Waals surface area contributed by atoms with E-state index in [1.165, 1.54) is 11.8 Å². The Bertz CT molecular complexity index is 779. The third-order valence-corrected chi connectivity index (χ3v) is 4.24. The van der Waals surface area contributed by atoms with Gasteiger partial charge in [-0.3, -0.25) is 4.79 Å². The molecule has 1 heterocycles. The average molecular weight is 308 g/mol. The molecule has 1 N–H and O–H groups in total. The van der Waals surface area contributed by atoms with Gasteiger partial charge in [0.15, 0.2) is 5.17 Å². The monoisotopic (exact) mass is 308 g/mol. The van der Waals surface area contributed by atoms with Crippen LogP contribution < -0.4 is 5.32 Å². The van der Waals surface area contributed by atoms with E-state index in [9.17, 15) is 4.79 Å². The summed E-state index contributed by atoms with van der Waals surface area (Å²) in [5, 5.41) is 3.45. The quantitative estimate of drug-likeness (QED) is 0.845. The van der Waals surface area contributed by atoms with Gasteiger partial charge >= 0.3 is 0 Å². The standard InChI is InChI=1S/C18H16N2OS/c1-12-8-9-13(2)15(10-12)19-18-20-17(21)16(22-18)11-14-6-4-3-5-7-14/h3-11H,1-2H3,(H,19,20,21)/b16-11+. The van der Waals surface area contributed by atoms with Crippen LogP contribution in [0.4, 0.5) is 5.69 Å². The lowest BCUT2D eigenvalue weighted by Crippen LogP contribution is -2.19. The van der Waals surface area contributed by atoms with Crippen molar-refractivity contribution in [1.82, 2.24) is 5.32 Å². The van der Waals surface area contributed by atoms with Gasteiger partial charge in [-0.1, -0.05) is 42.5 Å². The maximum absolute atomic E-state index is 12.1. The van der Waals surface area contributed by atoms with Crippen LogP contribution in [0.25, 0.3) is 6.08 Å². The lowest BCUT2D eigenvalue weighted by Gasteiger charge is -2.02. The van der Waals surface area contributed by atoms with Gasteiger partial charge in [0, 0.05) is 0 Å². The third kappa shape index (κ3) is 3.28. The molecule has 0 aromatic heterocycles. The van der Waals surface area contributed by atoms with Crippen molar-refractivity contribution in [2.75, 3.05) is 0 Å². The summed E-state index contributed by atoms with van der Waals surface area (Å²) in [7, 11) is 0. The third-order valence-electron chi connectivity index (χ3n) is 3.33. The van der Waals surface area contributed by atoms with Gasteiger partial charge in [0.2, 0.25) is 0 Å². The van der Waals surface area contributed by atoms with Crippen LogP contribution in [-0.4, -0.2) is 11.1 Å². The van der Waals surface area contributed by atoms with E-state index in [1.807, 2.05) is 62.4 Å². The van der Waals surface area contributed by atoms with E-state index in [-0.39, 0.29) is 5.91 Å². The first-order valence-electron chi connectivity index (χ1n) is 7.04. The molecule has 0 saturated carbocycles. The predicted octanol–water partition coefficient (Wildman–Crippen LogP) is 4.20. The summed E-state index contributed by atoms with van der Waals surface area (Å²) < 4.78 is 0. The second-order valence-corrected chi connectivity index (χ2v) is 6.21. The van der Waals surface area contributed by atoms with Gasteiger partial charge < -0.3 is 5.32 Å². The number of hydrogen-bond donors (Lipinski definition) is 1. The van der Waals surface area contributed by atoms with E-state index >= 15 is 0 Å². The van der Waals surface area contributed by atoms with E-state index in [1.54, 1.807) is 0 Å². The first-order chi connectivity index (χ1) is 10.6. The van der Waals surface area contributed by atoms with Crippen LogP contribution in [0.1, 0.15) is 16.7 Å². The molecule has 0 spiro atoms. The highest BCUT2D eigenvalue weighted by Gasteiger charge is 2.23. The Kier molecular flexibility index (Phi) is 4.11. The number of carbonyl (C=O) groups excluding carboxylic acids is 1. The van der Waals surface area contributed by atoms with Gasteiger partial charge in [0.1, 0.15) is 0 Å². The number of hydrogen-bond acceptors (Lipinski definition) is 3. The van der Waals surface area contributed by atoms with Crippen LogP contribution in [0.2, 0.25) is 0 Å². The molecule has 1 aliphatic rings. The summed E-state index contributed by atoms with van der Waals surface area (Å²) in [4.78, 5) is 17.3. The Morgan fingerprint density at radius 3 is 2.64 bits per heavy atom. The zero-order chi connectivity index (χ0) is 15.5. The molecule has 0 aliphatic carbocycles. The number of carbonyl (C=O) groups is 1. The molecule has 0 unspecified atom stereocenters. The lowest BCUT2D eigenvalue weighted by molar-refractivity contribution is -0.115. The van der Waals surface area contributed by atoms with E-state index in [0.29, 0.717) is 10.1 Å². The Labute approximate surface area is 134 Å². The number of rotatable bonds is 2. The molecule has 1 aliphatic heterocycles. The summed E-state index contributed by atoms with van der Waals surface area (Å²) in [5.41, 5.74) is 4.14. The smallest absolute Gasteiger partial charge is 0.264 e. The molecule has 1 fully saturated rings. The molecular formula is C18H16N2OS. The highest BCUT2D eigenvalue weighted by atomic mass is 32.2. The molecule has 4 heteroatoms. The summed E-state index contributed by atoms with van der Waals surface area (Å²) in [6.07, 6.45) is 1.88. The maximum atomic E-state index is 12.1. The summed E-state index contributed by atoms with van der Waals surface area (Å²) in [5.74, 6) is -0.0992. The number of aryl methyl sites for hydroxylation is 2. The second-order valence-electron chi connectivity index (χ2n) is 5.18. The van der Waals surface area contributed by atoms with E-state index in [0.717, 1.165) is 22.4 Å². The minimum atomic E-state index is -0.0992. The number of thioether (sulfide) groups is 1. The van der Waals surface area contributed by atoms with Crippen molar-refractivity contribution in [2.45, 2.75) is 13.8 Å². The van der Waals surface area contributed by atoms with Crippen LogP contribution in [-0.2, 0) is 4.79 Å². The molecule has 0 atom stereocenters. The highest BCUT2D eigenvalue weighted by molar-refractivity contribution is 8.18. The first-order valence-corrected chi connectivity index (χ1v) is 7.85. The fourth-order valence-electron chi connectivity index (χ4n) is 2.13. The molecule has 3 rings (SSSR count). The minimum Gasteiger partial charge on any atom is -0.300 e. The summed E-state index contributed by atoms with van der Waals surface area (Å²) >= 11 is 1.37. The Morgan fingerprint density at radius 2 is 1.86 bits per heavy atom. The minimum absolute atomic E-state index is 0.0992. The van der Waals surface area contributed by atoms with Gasteiger partial charge in [-0.05, 0) is 54.4 Å². The van der Waals surface area contributed by atoms with Gasteiger partial charge in [-0.15, -0.1) is 0 Å². The molecule has 0 bridgehead atoms. The number of aliphatic imine (C=N–C) groups is 1. The van der Waals surface area contributed by atoms with Gasteiger partial charge in [-0.2, -0.15) is 0 Å². The van der Waals surface area contributed by atoms with Gasteiger partial charge in [0.05, 0.1) is 10.6 Å². The van der Waals surface area contributed by atoms with Crippen molar-refractivity contribution in [1.29, 1.82) is 0 Å². The molecule has 1 amide bonds. The zero-order valence-electron chi connectivity index (χ0n) is 12.5. The lowest BCUT2D eigenvalue weighted by atomic mass is 10.1. The predicted molar refractivity (Wildman–Crippen MR) is 93.2 cm³/mol. The fourth-order valence-corrected chi connectivity index (χ4v) is 2.97. The molecule has 22 heavy (non-hydrogen) atoms. The molecule has 2 aromatic carbocycles. The molecule has 3 nitrogen and oxygen atoms in total. The number of nitrogens with one attached hydrogen (secondary N) is 1. The SMILES string of the molecule is Cc1ccc(C)c(N=C2NC(=O)/C(=C\c3ccccc3)S2)c1. The van der Waals surface area contributed by atoms with Crippen molar-refractivity contribution in [2.24, 2.45) is 4.99 Å². The van der Waals surface area contributed by atoms with E-state index in [2.05, 4.69) is 16.4 Å². The Balaban J connectivity index is 1.87. The normalized spacial score (nSPS) is 18.0. The average Bonchev–Trinajstić information content (AvgIpc) is 2.84. The summed E-state index contributed by atoms with van der Waals surface area (Å²) in [6.45, 7) is 4.05. The van der Waals surface area contributed by atoms with Gasteiger partial charge in [0.25, 0.3) is 5.91 Å². The molecule has 1 saturated heterocycles. The van der Waals surface area contributed by atoms with Crippen molar-refractivity contribution >= 4 is 34.6 Å². The molecule has 2 aromatic rings. The van der Waals surface area contributed by atoms with Crippen LogP contribution in [0.5, 0.6) is 0 Å². The largest absolute Gasteiger partial charge is 0.300 e. The molecule has 110 valence electrons. The van der Waals surface area contributed by atoms with Crippen LogP contribution in [0, 0.1) is 13.8 Å². The molecule has 0 radical (unpaired) electrons. The van der Waals surface area contributed by atoms with Crippen molar-refractivity contribution in [3.63, 3.8) is 0 Å². The summed E-state index contributed by atoms with van der Waals surface area (Å²) in [6, 6.07) is 15.9. The number of benzene rings is 2.